The number of ether oxygens (including phenoxy) is 1. The van der Waals surface area contributed by atoms with Crippen LogP contribution in [0.15, 0.2) is 21.9 Å². The van der Waals surface area contributed by atoms with Crippen molar-refractivity contribution in [3.8, 4) is 0 Å². The molecule has 1 fully saturated rings. The van der Waals surface area contributed by atoms with Crippen LogP contribution < -0.4 is 16.6 Å². The summed E-state index contributed by atoms with van der Waals surface area (Å²) in [5, 5.41) is 20.4. The van der Waals surface area contributed by atoms with Crippen molar-refractivity contribution in [2.24, 2.45) is 0 Å². The summed E-state index contributed by atoms with van der Waals surface area (Å²) in [6, 6.07) is 0. The van der Waals surface area contributed by atoms with Gasteiger partial charge in [-0.1, -0.05) is 12.2 Å². The highest BCUT2D eigenvalue weighted by Crippen LogP contribution is 2.27. The number of hydrogen-bond acceptors (Lipinski definition) is 6. The second-order valence-corrected chi connectivity index (χ2v) is 5.48. The van der Waals surface area contributed by atoms with E-state index in [1.807, 2.05) is 4.98 Å². The van der Waals surface area contributed by atoms with Crippen LogP contribution in [0.4, 0.5) is 13.2 Å². The Kier molecular flexibility index (Phi) is 6.00. The second kappa shape index (κ2) is 7.85. The minimum absolute atomic E-state index is 0.00196. The van der Waals surface area contributed by atoms with E-state index in [4.69, 9.17) is 9.84 Å². The van der Waals surface area contributed by atoms with Crippen molar-refractivity contribution in [3.05, 3.63) is 38.7 Å². The molecule has 9 nitrogen and oxygen atoms in total. The normalized spacial score (nSPS) is 23.5. The van der Waals surface area contributed by atoms with Gasteiger partial charge in [0.05, 0.1) is 18.3 Å². The van der Waals surface area contributed by atoms with Crippen LogP contribution in [0.25, 0.3) is 6.08 Å². The first-order valence-electron chi connectivity index (χ1n) is 7.45. The van der Waals surface area contributed by atoms with Crippen molar-refractivity contribution >= 4 is 12.0 Å². The summed E-state index contributed by atoms with van der Waals surface area (Å²) in [6.45, 7) is -0.941. The fourth-order valence-corrected chi connectivity index (χ4v) is 2.32. The molecule has 0 radical (unpaired) electrons. The standard InChI is InChI=1S/C14H16F3N3O6/c15-14(16,17)12(24)18-3-1-2-7-5-20(13(25)19-11(7)23)10-4-8(22)9(6-21)26-10/h1-2,5,8-10,21-22H,3-4,6H2,(H,18,24)(H,19,23,25)/b2-1+/t8-,9+,10+/m1/s1. The van der Waals surface area contributed by atoms with Crippen LogP contribution >= 0.6 is 0 Å². The van der Waals surface area contributed by atoms with Gasteiger partial charge in [0.1, 0.15) is 12.3 Å². The number of nitrogens with zero attached hydrogens (tertiary/aromatic N) is 1. The molecule has 0 aliphatic carbocycles. The number of aliphatic hydroxyl groups is 2. The quantitative estimate of drug-likeness (QED) is 0.512. The molecule has 1 aromatic rings. The Morgan fingerprint density at radius 3 is 2.73 bits per heavy atom. The molecule has 0 bridgehead atoms. The second-order valence-electron chi connectivity index (χ2n) is 5.48. The number of aliphatic hydroxyl groups excluding tert-OH is 2. The molecule has 1 aliphatic rings. The summed E-state index contributed by atoms with van der Waals surface area (Å²) < 4.78 is 42.4. The number of rotatable bonds is 5. The topological polar surface area (TPSA) is 134 Å². The number of aromatic nitrogens is 2. The Morgan fingerprint density at radius 2 is 2.15 bits per heavy atom. The average Bonchev–Trinajstić information content (AvgIpc) is 2.92. The van der Waals surface area contributed by atoms with Gasteiger partial charge in [0.2, 0.25) is 0 Å². The zero-order valence-electron chi connectivity index (χ0n) is 13.2. The lowest BCUT2D eigenvalue weighted by Crippen LogP contribution is -2.36. The summed E-state index contributed by atoms with van der Waals surface area (Å²) in [6.07, 6.45) is -4.48. The molecule has 0 unspecified atom stereocenters. The summed E-state index contributed by atoms with van der Waals surface area (Å²) in [4.78, 5) is 36.3. The Hall–Kier alpha value is -2.44. The highest BCUT2D eigenvalue weighted by atomic mass is 19.4. The van der Waals surface area contributed by atoms with Crippen molar-refractivity contribution in [3.63, 3.8) is 0 Å². The zero-order chi connectivity index (χ0) is 19.5. The summed E-state index contributed by atoms with van der Waals surface area (Å²) in [5.41, 5.74) is -1.67. The monoisotopic (exact) mass is 379 g/mol. The minimum Gasteiger partial charge on any atom is -0.394 e. The first-order chi connectivity index (χ1) is 12.1. The molecule has 2 rings (SSSR count). The first kappa shape index (κ1) is 19.9. The van der Waals surface area contributed by atoms with Gasteiger partial charge < -0.3 is 20.3 Å². The zero-order valence-corrected chi connectivity index (χ0v) is 13.2. The van der Waals surface area contributed by atoms with Gasteiger partial charge in [0, 0.05) is 19.2 Å². The molecule has 1 aliphatic heterocycles. The SMILES string of the molecule is O=C(NC/C=C/c1cn([C@@H]2C[C@@H](O)[C@H](CO)O2)c(=O)[nH]c1=O)C(F)(F)F. The number of hydrogen-bond donors (Lipinski definition) is 4. The number of halogens is 3. The van der Waals surface area contributed by atoms with Crippen LogP contribution in [0.2, 0.25) is 0 Å². The molecule has 1 aromatic heterocycles. The largest absolute Gasteiger partial charge is 0.471 e. The molecule has 144 valence electrons. The van der Waals surface area contributed by atoms with Crippen LogP contribution in [0, 0.1) is 0 Å². The van der Waals surface area contributed by atoms with Crippen molar-refractivity contribution < 1.29 is 32.9 Å². The van der Waals surface area contributed by atoms with Gasteiger partial charge in [0.15, 0.2) is 0 Å². The van der Waals surface area contributed by atoms with Gasteiger partial charge in [-0.05, 0) is 0 Å². The number of carbonyl (C=O) groups is 1. The maximum absolute atomic E-state index is 12.0. The van der Waals surface area contributed by atoms with Crippen molar-refractivity contribution in [2.75, 3.05) is 13.2 Å². The van der Waals surface area contributed by atoms with Crippen LogP contribution in [0.3, 0.4) is 0 Å². The molecule has 12 heteroatoms. The maximum atomic E-state index is 12.0. The van der Waals surface area contributed by atoms with Gasteiger partial charge in [-0.3, -0.25) is 19.1 Å². The van der Waals surface area contributed by atoms with E-state index in [9.17, 15) is 32.7 Å². The summed E-state index contributed by atoms with van der Waals surface area (Å²) >= 11 is 0. The van der Waals surface area contributed by atoms with Gasteiger partial charge in [0.25, 0.3) is 5.56 Å². The average molecular weight is 379 g/mol. The summed E-state index contributed by atoms with van der Waals surface area (Å²) in [7, 11) is 0. The Balaban J connectivity index is 2.13. The maximum Gasteiger partial charge on any atom is 0.471 e. The first-order valence-corrected chi connectivity index (χ1v) is 7.45. The third-order valence-corrected chi connectivity index (χ3v) is 3.63. The molecular formula is C14H16F3N3O6. The van der Waals surface area contributed by atoms with E-state index >= 15 is 0 Å². The van der Waals surface area contributed by atoms with Gasteiger partial charge in [-0.15, -0.1) is 0 Å². The Morgan fingerprint density at radius 1 is 1.46 bits per heavy atom. The predicted octanol–water partition coefficient (Wildman–Crippen LogP) is -1.13. The molecule has 1 saturated heterocycles. The molecule has 1 amide bonds. The molecule has 0 aromatic carbocycles. The number of amides is 1. The summed E-state index contributed by atoms with van der Waals surface area (Å²) in [5.74, 6) is -2.12. The van der Waals surface area contributed by atoms with Crippen molar-refractivity contribution in [1.82, 2.24) is 14.9 Å². The Labute approximate surface area is 143 Å². The van der Waals surface area contributed by atoms with E-state index in [2.05, 4.69) is 0 Å². The van der Waals surface area contributed by atoms with Gasteiger partial charge in [-0.2, -0.15) is 13.2 Å². The van der Waals surface area contributed by atoms with E-state index in [0.29, 0.717) is 0 Å². The van der Waals surface area contributed by atoms with E-state index in [-0.39, 0.29) is 12.0 Å². The lowest BCUT2D eigenvalue weighted by molar-refractivity contribution is -0.173. The van der Waals surface area contributed by atoms with Gasteiger partial charge in [-0.25, -0.2) is 4.79 Å². The Bertz CT molecular complexity index is 800. The van der Waals surface area contributed by atoms with Crippen LogP contribution in [-0.2, 0) is 9.53 Å². The van der Waals surface area contributed by atoms with Crippen LogP contribution in [-0.4, -0.2) is 57.2 Å². The lowest BCUT2D eigenvalue weighted by Gasteiger charge is -2.14. The highest BCUT2D eigenvalue weighted by Gasteiger charge is 2.38. The minimum atomic E-state index is -5.01. The van der Waals surface area contributed by atoms with Crippen molar-refractivity contribution in [2.45, 2.75) is 31.0 Å². The number of aromatic amines is 1. The third-order valence-electron chi connectivity index (χ3n) is 3.63. The lowest BCUT2D eigenvalue weighted by atomic mass is 10.2. The van der Waals surface area contributed by atoms with E-state index in [0.717, 1.165) is 22.9 Å². The van der Waals surface area contributed by atoms with Crippen molar-refractivity contribution in [1.29, 1.82) is 0 Å². The molecule has 26 heavy (non-hydrogen) atoms. The molecule has 0 spiro atoms. The van der Waals surface area contributed by atoms with E-state index in [1.54, 1.807) is 5.32 Å². The third kappa shape index (κ3) is 4.59. The highest BCUT2D eigenvalue weighted by molar-refractivity contribution is 5.81. The molecule has 0 saturated carbocycles. The van der Waals surface area contributed by atoms with E-state index < -0.39 is 54.9 Å². The number of nitrogens with one attached hydrogen (secondary N) is 2. The number of alkyl halides is 3. The van der Waals surface area contributed by atoms with E-state index in [1.165, 1.54) is 0 Å². The molecule has 4 N–H and O–H groups in total. The fraction of sp³-hybridized carbons (Fsp3) is 0.500. The number of carbonyl (C=O) groups excluding carboxylic acids is 1. The van der Waals surface area contributed by atoms with Crippen LogP contribution in [0.1, 0.15) is 18.2 Å². The molecular weight excluding hydrogens is 363 g/mol. The smallest absolute Gasteiger partial charge is 0.394 e. The number of H-pyrrole nitrogens is 1. The van der Waals surface area contributed by atoms with Gasteiger partial charge >= 0.3 is 17.8 Å². The fourth-order valence-electron chi connectivity index (χ4n) is 2.32. The van der Waals surface area contributed by atoms with Crippen LogP contribution in [0.5, 0.6) is 0 Å². The predicted molar refractivity (Wildman–Crippen MR) is 81.0 cm³/mol. The molecule has 2 heterocycles. The molecule has 3 atom stereocenters.